The Labute approximate surface area is 174 Å². The molecule has 0 saturated carbocycles. The van der Waals surface area contributed by atoms with Crippen LogP contribution in [0, 0.1) is 0 Å². The summed E-state index contributed by atoms with van der Waals surface area (Å²) in [5.41, 5.74) is 1.05. The molecular formula is C25H36OSi2. The summed E-state index contributed by atoms with van der Waals surface area (Å²) in [4.78, 5) is 0. The number of rotatable bonds is 8. The van der Waals surface area contributed by atoms with Gasteiger partial charge in [-0.1, -0.05) is 120 Å². The molecule has 0 atom stereocenters. The van der Waals surface area contributed by atoms with Gasteiger partial charge in [-0.2, -0.15) is 0 Å². The molecule has 0 unspecified atom stereocenters. The van der Waals surface area contributed by atoms with Crippen LogP contribution in [0.1, 0.15) is 20.8 Å². The molecule has 0 heterocycles. The first kappa shape index (κ1) is 22.6. The summed E-state index contributed by atoms with van der Waals surface area (Å²) in [6.45, 7) is 18.9. The lowest BCUT2D eigenvalue weighted by molar-refractivity contribution is 0.333. The molecule has 1 nitrogen and oxygen atoms in total. The van der Waals surface area contributed by atoms with E-state index >= 15 is 0 Å². The third kappa shape index (κ3) is 5.66. The Bertz CT molecular complexity index is 741. The highest BCUT2D eigenvalue weighted by Gasteiger charge is 2.50. The summed E-state index contributed by atoms with van der Waals surface area (Å²) in [5, 5.41) is 2.62. The molecule has 3 heteroatoms. The molecule has 28 heavy (non-hydrogen) atoms. The Morgan fingerprint density at radius 3 is 1.75 bits per heavy atom. The molecule has 0 aliphatic rings. The fourth-order valence-corrected chi connectivity index (χ4v) is 8.97. The van der Waals surface area contributed by atoms with Gasteiger partial charge in [-0.05, 0) is 27.0 Å². The average Bonchev–Trinajstić information content (AvgIpc) is 2.62. The predicted octanol–water partition coefficient (Wildman–Crippen LogP) is 6.01. The van der Waals surface area contributed by atoms with Crippen molar-refractivity contribution in [2.45, 2.75) is 51.5 Å². The van der Waals surface area contributed by atoms with Crippen LogP contribution in [0.5, 0.6) is 0 Å². The Balaban J connectivity index is 2.38. The highest BCUT2D eigenvalue weighted by atomic mass is 28.4. The van der Waals surface area contributed by atoms with Crippen LogP contribution in [0.25, 0.3) is 0 Å². The maximum atomic E-state index is 6.91. The summed E-state index contributed by atoms with van der Waals surface area (Å²) >= 11 is 0. The molecule has 2 aromatic rings. The van der Waals surface area contributed by atoms with E-state index in [-0.39, 0.29) is 5.04 Å². The summed E-state index contributed by atoms with van der Waals surface area (Å²) in [6.07, 6.45) is 4.44. The van der Waals surface area contributed by atoms with E-state index in [0.717, 1.165) is 5.57 Å². The van der Waals surface area contributed by atoms with Crippen LogP contribution in [0.15, 0.2) is 85.0 Å². The third-order valence-corrected chi connectivity index (χ3v) is 11.4. The minimum absolute atomic E-state index is 0.00196. The zero-order valence-corrected chi connectivity index (χ0v) is 20.5. The summed E-state index contributed by atoms with van der Waals surface area (Å²) in [7, 11) is -3.55. The predicted molar refractivity (Wildman–Crippen MR) is 130 cm³/mol. The second-order valence-corrected chi connectivity index (χ2v) is 19.6. The van der Waals surface area contributed by atoms with Crippen LogP contribution in [0.3, 0.4) is 0 Å². The van der Waals surface area contributed by atoms with Gasteiger partial charge in [0.05, 0.1) is 6.61 Å². The normalized spacial score (nSPS) is 13.1. The topological polar surface area (TPSA) is 9.23 Å². The highest BCUT2D eigenvalue weighted by Crippen LogP contribution is 2.36. The maximum absolute atomic E-state index is 6.91. The van der Waals surface area contributed by atoms with E-state index in [1.807, 2.05) is 0 Å². The molecule has 2 rings (SSSR count). The van der Waals surface area contributed by atoms with Gasteiger partial charge in [0.2, 0.25) is 0 Å². The van der Waals surface area contributed by atoms with Crippen molar-refractivity contribution in [3.63, 3.8) is 0 Å². The average molecular weight is 409 g/mol. The van der Waals surface area contributed by atoms with Gasteiger partial charge in [0.25, 0.3) is 8.32 Å². The molecule has 0 saturated heterocycles. The lowest BCUT2D eigenvalue weighted by Crippen LogP contribution is -2.66. The smallest absolute Gasteiger partial charge is 0.261 e. The molecule has 0 aliphatic heterocycles. The molecule has 0 aromatic heterocycles. The number of benzene rings is 2. The molecular weight excluding hydrogens is 372 g/mol. The van der Waals surface area contributed by atoms with Crippen LogP contribution in [0.4, 0.5) is 0 Å². The van der Waals surface area contributed by atoms with Gasteiger partial charge >= 0.3 is 0 Å². The first-order valence-electron chi connectivity index (χ1n) is 10.2. The molecule has 0 spiro atoms. The second-order valence-electron chi connectivity index (χ2n) is 9.78. The molecule has 0 aliphatic carbocycles. The van der Waals surface area contributed by atoms with Crippen LogP contribution in [-0.2, 0) is 4.43 Å². The van der Waals surface area contributed by atoms with Crippen LogP contribution < -0.4 is 10.4 Å². The minimum atomic E-state index is -2.47. The largest absolute Gasteiger partial charge is 0.403 e. The quantitative estimate of drug-likeness (QED) is 0.384. The van der Waals surface area contributed by atoms with Crippen LogP contribution >= 0.6 is 0 Å². The Morgan fingerprint density at radius 1 is 0.893 bits per heavy atom. The van der Waals surface area contributed by atoms with Crippen molar-refractivity contribution in [1.82, 2.24) is 0 Å². The molecule has 0 amide bonds. The zero-order valence-electron chi connectivity index (χ0n) is 18.5. The van der Waals surface area contributed by atoms with Gasteiger partial charge in [0.15, 0.2) is 0 Å². The summed E-state index contributed by atoms with van der Waals surface area (Å²) in [6, 6.07) is 22.7. The minimum Gasteiger partial charge on any atom is -0.403 e. The molecule has 0 N–H and O–H groups in total. The number of allylic oxidation sites excluding steroid dienone is 1. The fraction of sp³-hybridized carbons (Fsp3) is 0.360. The van der Waals surface area contributed by atoms with E-state index in [1.165, 1.54) is 16.4 Å². The standard InChI is InChI=1S/C25H36OSi2/c1-22(15-14-20-27(5,6)7)21-26-28(25(2,3)4,23-16-10-8-11-17-23)24-18-12-9-13-19-24/h8-19H,1,20-21H2,2-7H3/b15-14+. The van der Waals surface area contributed by atoms with Gasteiger partial charge < -0.3 is 4.43 Å². The Hall–Kier alpha value is -1.69. The lowest BCUT2D eigenvalue weighted by Gasteiger charge is -2.43. The van der Waals surface area contributed by atoms with Crippen molar-refractivity contribution in [3.8, 4) is 0 Å². The molecule has 0 bridgehead atoms. The van der Waals surface area contributed by atoms with Crippen molar-refractivity contribution in [2.75, 3.05) is 6.61 Å². The first-order chi connectivity index (χ1) is 13.1. The zero-order chi connectivity index (χ0) is 20.8. The van der Waals surface area contributed by atoms with E-state index < -0.39 is 16.4 Å². The Morgan fingerprint density at radius 2 is 1.36 bits per heavy atom. The third-order valence-electron chi connectivity index (χ3n) is 4.97. The summed E-state index contributed by atoms with van der Waals surface area (Å²) < 4.78 is 6.91. The van der Waals surface area contributed by atoms with Gasteiger partial charge in [-0.25, -0.2) is 0 Å². The van der Waals surface area contributed by atoms with Gasteiger partial charge in [-0.3, -0.25) is 0 Å². The van der Waals surface area contributed by atoms with E-state index in [0.29, 0.717) is 6.61 Å². The number of hydrogen-bond acceptors (Lipinski definition) is 1. The highest BCUT2D eigenvalue weighted by molar-refractivity contribution is 6.99. The van der Waals surface area contributed by atoms with Crippen molar-refractivity contribution in [2.24, 2.45) is 0 Å². The summed E-state index contributed by atoms with van der Waals surface area (Å²) in [5.74, 6) is 0. The number of hydrogen-bond donors (Lipinski definition) is 0. The van der Waals surface area contributed by atoms with E-state index in [9.17, 15) is 0 Å². The fourth-order valence-electron chi connectivity index (χ4n) is 3.59. The van der Waals surface area contributed by atoms with Gasteiger partial charge in [0.1, 0.15) is 0 Å². The first-order valence-corrected chi connectivity index (χ1v) is 15.8. The van der Waals surface area contributed by atoms with Crippen molar-refractivity contribution in [3.05, 3.63) is 85.0 Å². The van der Waals surface area contributed by atoms with Crippen molar-refractivity contribution < 1.29 is 4.43 Å². The van der Waals surface area contributed by atoms with E-state index in [1.54, 1.807) is 0 Å². The van der Waals surface area contributed by atoms with Gasteiger partial charge in [0, 0.05) is 8.07 Å². The van der Waals surface area contributed by atoms with Crippen molar-refractivity contribution in [1.29, 1.82) is 0 Å². The van der Waals surface area contributed by atoms with Crippen molar-refractivity contribution >= 4 is 26.8 Å². The van der Waals surface area contributed by atoms with Crippen LogP contribution in [0.2, 0.25) is 30.7 Å². The molecule has 0 fully saturated rings. The Kier molecular flexibility index (Phi) is 7.43. The van der Waals surface area contributed by atoms with E-state index in [4.69, 9.17) is 4.43 Å². The maximum Gasteiger partial charge on any atom is 0.261 e. The molecule has 0 radical (unpaired) electrons. The molecule has 150 valence electrons. The molecule has 2 aromatic carbocycles. The van der Waals surface area contributed by atoms with E-state index in [2.05, 4.69) is 120 Å². The lowest BCUT2D eigenvalue weighted by atomic mass is 10.2. The van der Waals surface area contributed by atoms with Crippen LogP contribution in [-0.4, -0.2) is 23.0 Å². The van der Waals surface area contributed by atoms with Gasteiger partial charge in [-0.15, -0.1) is 0 Å². The monoisotopic (exact) mass is 408 g/mol. The SMILES string of the molecule is C=C(/C=C/C[Si](C)(C)C)CO[Si](c1ccccc1)(c1ccccc1)C(C)(C)C. The second kappa shape index (κ2) is 9.21.